The van der Waals surface area contributed by atoms with Gasteiger partial charge in [0.25, 0.3) is 5.91 Å². The lowest BCUT2D eigenvalue weighted by Crippen LogP contribution is -2.52. The average molecular weight is 484 g/mol. The minimum Gasteiger partial charge on any atom is -0.450 e. The Morgan fingerprint density at radius 2 is 1.83 bits per heavy atom. The second-order valence-electron chi connectivity index (χ2n) is 8.18. The number of ether oxygens (including phenoxy) is 1. The van der Waals surface area contributed by atoms with Crippen LogP contribution in [0.15, 0.2) is 36.9 Å². The number of piperazine rings is 1. The topological polar surface area (TPSA) is 132 Å². The molecule has 13 nitrogen and oxygen atoms in total. The molecule has 1 fully saturated rings. The second kappa shape index (κ2) is 10.4. The molecular weight excluding hydrogens is 454 g/mol. The van der Waals surface area contributed by atoms with Crippen molar-refractivity contribution in [1.29, 1.82) is 0 Å². The maximum Gasteiger partial charge on any atom is 0.409 e. The van der Waals surface area contributed by atoms with E-state index in [1.807, 2.05) is 12.3 Å². The molecule has 0 aliphatic carbocycles. The van der Waals surface area contributed by atoms with Crippen molar-refractivity contribution >= 4 is 23.6 Å². The number of rotatable bonds is 7. The molecule has 3 aromatic heterocycles. The van der Waals surface area contributed by atoms with E-state index < -0.39 is 6.04 Å². The van der Waals surface area contributed by atoms with Crippen LogP contribution < -0.4 is 5.32 Å². The van der Waals surface area contributed by atoms with Crippen LogP contribution >= 0.6 is 0 Å². The Morgan fingerprint density at radius 3 is 2.51 bits per heavy atom. The predicted molar refractivity (Wildman–Crippen MR) is 125 cm³/mol. The minimum atomic E-state index is -0.568. The monoisotopic (exact) mass is 483 g/mol. The second-order valence-corrected chi connectivity index (χ2v) is 8.18. The molecule has 0 spiro atoms. The van der Waals surface area contributed by atoms with Gasteiger partial charge in [-0.25, -0.2) is 4.79 Å². The smallest absolute Gasteiger partial charge is 0.409 e. The third kappa shape index (κ3) is 5.50. The minimum absolute atomic E-state index is 0.105. The highest BCUT2D eigenvalue weighted by molar-refractivity contribution is 6.03. The summed E-state index contributed by atoms with van der Waals surface area (Å²) in [7, 11) is 0. The van der Waals surface area contributed by atoms with Gasteiger partial charge in [0, 0.05) is 51.0 Å². The highest BCUT2D eigenvalue weighted by Crippen LogP contribution is 2.19. The van der Waals surface area contributed by atoms with Gasteiger partial charge in [-0.3, -0.25) is 23.6 Å². The molecule has 1 aliphatic heterocycles. The Morgan fingerprint density at radius 1 is 1.09 bits per heavy atom. The summed E-state index contributed by atoms with van der Waals surface area (Å²) < 4.78 is 9.87. The lowest BCUT2D eigenvalue weighted by molar-refractivity contribution is -0.136. The van der Waals surface area contributed by atoms with Crippen LogP contribution in [0.2, 0.25) is 0 Å². The summed E-state index contributed by atoms with van der Waals surface area (Å²) in [6, 6.07) is 2.87. The van der Waals surface area contributed by atoms with Crippen LogP contribution in [-0.2, 0) is 16.2 Å². The van der Waals surface area contributed by atoms with E-state index in [1.54, 1.807) is 69.3 Å². The molecule has 0 saturated carbocycles. The third-order valence-electron chi connectivity index (χ3n) is 5.76. The van der Waals surface area contributed by atoms with Crippen molar-refractivity contribution < 1.29 is 19.1 Å². The van der Waals surface area contributed by atoms with Crippen LogP contribution in [0.3, 0.4) is 0 Å². The Labute approximate surface area is 202 Å². The highest BCUT2D eigenvalue weighted by atomic mass is 16.6. The number of carbonyl (C=O) groups excluding carboxylic acids is 3. The quantitative estimate of drug-likeness (QED) is 0.534. The van der Waals surface area contributed by atoms with Crippen molar-refractivity contribution in [2.45, 2.75) is 33.5 Å². The van der Waals surface area contributed by atoms with Gasteiger partial charge in [0.1, 0.15) is 12.7 Å². The van der Waals surface area contributed by atoms with E-state index in [9.17, 15) is 14.4 Å². The Kier molecular flexibility index (Phi) is 7.13. The van der Waals surface area contributed by atoms with E-state index in [4.69, 9.17) is 4.74 Å². The number of nitrogens with zero attached hydrogens (tertiary/aromatic N) is 8. The number of amides is 3. The van der Waals surface area contributed by atoms with Gasteiger partial charge in [-0.15, -0.1) is 0 Å². The van der Waals surface area contributed by atoms with Crippen LogP contribution in [-0.4, -0.2) is 89.8 Å². The largest absolute Gasteiger partial charge is 0.450 e. The molecule has 1 aliphatic rings. The maximum atomic E-state index is 13.0. The molecule has 186 valence electrons. The molecule has 0 bridgehead atoms. The predicted octanol–water partition coefficient (Wildman–Crippen LogP) is 1.20. The number of nitrogens with one attached hydrogen (secondary N) is 1. The summed E-state index contributed by atoms with van der Waals surface area (Å²) in [5.41, 5.74) is 1.34. The number of carbonyl (C=O) groups is 3. The van der Waals surface area contributed by atoms with Gasteiger partial charge >= 0.3 is 6.09 Å². The van der Waals surface area contributed by atoms with E-state index in [0.29, 0.717) is 50.8 Å². The zero-order valence-electron chi connectivity index (χ0n) is 20.0. The van der Waals surface area contributed by atoms with Gasteiger partial charge < -0.3 is 19.9 Å². The van der Waals surface area contributed by atoms with E-state index in [1.165, 1.54) is 0 Å². The lowest BCUT2D eigenvalue weighted by Gasteiger charge is -2.35. The van der Waals surface area contributed by atoms with Gasteiger partial charge in [0.15, 0.2) is 5.69 Å². The molecule has 1 saturated heterocycles. The number of hydrogen-bond donors (Lipinski definition) is 1. The first kappa shape index (κ1) is 24.0. The summed E-state index contributed by atoms with van der Waals surface area (Å²) in [5.74, 6) is -0.479. The Bertz CT molecular complexity index is 1180. The number of aryl methyl sites for hydroxylation is 1. The third-order valence-corrected chi connectivity index (χ3v) is 5.76. The van der Waals surface area contributed by atoms with Crippen molar-refractivity contribution in [3.8, 4) is 0 Å². The summed E-state index contributed by atoms with van der Waals surface area (Å²) in [5, 5.41) is 15.7. The summed E-state index contributed by atoms with van der Waals surface area (Å²) in [4.78, 5) is 40.9. The van der Waals surface area contributed by atoms with Gasteiger partial charge in [-0.05, 0) is 32.9 Å². The van der Waals surface area contributed by atoms with Gasteiger partial charge in [0.05, 0.1) is 18.0 Å². The average Bonchev–Trinajstić information content (AvgIpc) is 3.61. The van der Waals surface area contributed by atoms with Crippen LogP contribution in [0.4, 0.5) is 10.5 Å². The molecule has 1 unspecified atom stereocenters. The number of anilines is 1. The molecule has 13 heteroatoms. The van der Waals surface area contributed by atoms with Gasteiger partial charge in [-0.2, -0.15) is 15.3 Å². The number of aromatic nitrogens is 6. The molecule has 1 N–H and O–H groups in total. The standard InChI is InChI=1S/C22H29N9O4/c1-4-35-22(34)28-12-10-27(11-13-28)21(33)17(3)31-14-19(16(2)25-31)24-20(32)18-6-9-30(26-18)15-29-8-5-7-23-29/h5-9,14,17H,4,10-13,15H2,1-3H3,(H,24,32). The number of hydrogen-bond acceptors (Lipinski definition) is 7. The maximum absolute atomic E-state index is 13.0. The van der Waals surface area contributed by atoms with Crippen LogP contribution in [0, 0.1) is 6.92 Å². The van der Waals surface area contributed by atoms with Gasteiger partial charge in [0.2, 0.25) is 5.91 Å². The molecule has 0 radical (unpaired) electrons. The molecule has 4 rings (SSSR count). The Hall–Kier alpha value is -4.16. The molecular formula is C22H29N9O4. The molecule has 35 heavy (non-hydrogen) atoms. The van der Waals surface area contributed by atoms with Crippen molar-refractivity contribution in [1.82, 2.24) is 39.1 Å². The first-order valence-corrected chi connectivity index (χ1v) is 11.4. The van der Waals surface area contributed by atoms with E-state index in [2.05, 4.69) is 20.6 Å². The van der Waals surface area contributed by atoms with Gasteiger partial charge in [-0.1, -0.05) is 0 Å². The SMILES string of the molecule is CCOC(=O)N1CCN(C(=O)C(C)n2cc(NC(=O)c3ccn(Cn4cccn4)n3)c(C)n2)CC1. The first-order chi connectivity index (χ1) is 16.9. The lowest BCUT2D eigenvalue weighted by atomic mass is 10.2. The molecule has 1 atom stereocenters. The fraction of sp³-hybridized carbons (Fsp3) is 0.455. The van der Waals surface area contributed by atoms with E-state index in [0.717, 1.165) is 0 Å². The van der Waals surface area contributed by atoms with Crippen molar-refractivity contribution in [2.24, 2.45) is 0 Å². The zero-order chi connectivity index (χ0) is 24.9. The summed E-state index contributed by atoms with van der Waals surface area (Å²) in [6.45, 7) is 7.68. The molecule has 3 aromatic rings. The normalized spacial score (nSPS) is 14.6. The van der Waals surface area contributed by atoms with Crippen LogP contribution in [0.25, 0.3) is 0 Å². The fourth-order valence-corrected chi connectivity index (χ4v) is 3.78. The highest BCUT2D eigenvalue weighted by Gasteiger charge is 2.29. The fourth-order valence-electron chi connectivity index (χ4n) is 3.78. The van der Waals surface area contributed by atoms with Crippen LogP contribution in [0.1, 0.15) is 36.1 Å². The first-order valence-electron chi connectivity index (χ1n) is 11.4. The summed E-state index contributed by atoms with van der Waals surface area (Å²) >= 11 is 0. The van der Waals surface area contributed by atoms with E-state index >= 15 is 0 Å². The van der Waals surface area contributed by atoms with E-state index in [-0.39, 0.29) is 23.6 Å². The zero-order valence-corrected chi connectivity index (χ0v) is 20.0. The van der Waals surface area contributed by atoms with Crippen molar-refractivity contribution in [3.63, 3.8) is 0 Å². The Balaban J connectivity index is 1.35. The van der Waals surface area contributed by atoms with Crippen molar-refractivity contribution in [2.75, 3.05) is 38.1 Å². The molecule has 3 amide bonds. The van der Waals surface area contributed by atoms with Crippen LogP contribution in [0.5, 0.6) is 0 Å². The van der Waals surface area contributed by atoms with Crippen molar-refractivity contribution in [3.05, 3.63) is 48.3 Å². The molecule has 0 aromatic carbocycles. The molecule has 4 heterocycles. The summed E-state index contributed by atoms with van der Waals surface area (Å²) in [6.07, 6.45) is 6.47.